The number of benzene rings is 1. The topological polar surface area (TPSA) is 26.0 Å². The molecular weight excluding hydrogens is 238 g/mol. The van der Waals surface area contributed by atoms with E-state index in [9.17, 15) is 0 Å². The van der Waals surface area contributed by atoms with E-state index in [4.69, 9.17) is 17.3 Å². The van der Waals surface area contributed by atoms with Crippen molar-refractivity contribution in [2.75, 3.05) is 6.54 Å². The van der Waals surface area contributed by atoms with Crippen LogP contribution >= 0.6 is 23.4 Å². The Bertz CT molecular complexity index is 342. The first-order chi connectivity index (χ1) is 7.81. The fraction of sp³-hybridized carbons (Fsp3) is 0.538. The quantitative estimate of drug-likeness (QED) is 0.888. The second-order valence-electron chi connectivity index (χ2n) is 4.37. The van der Waals surface area contributed by atoms with Gasteiger partial charge in [-0.05, 0) is 36.9 Å². The molecule has 0 aromatic heterocycles. The third-order valence-corrected chi connectivity index (χ3v) is 5.20. The number of nitrogens with two attached hydrogens (primary N) is 1. The summed E-state index contributed by atoms with van der Waals surface area (Å²) in [5.41, 5.74) is 7.03. The zero-order valence-electron chi connectivity index (χ0n) is 9.36. The van der Waals surface area contributed by atoms with Crippen molar-refractivity contribution in [1.29, 1.82) is 0 Å². The number of halogens is 1. The predicted octanol–water partition coefficient (Wildman–Crippen LogP) is 3.70. The molecule has 0 saturated heterocycles. The van der Waals surface area contributed by atoms with Crippen molar-refractivity contribution < 1.29 is 0 Å². The summed E-state index contributed by atoms with van der Waals surface area (Å²) >= 11 is 8.16. The summed E-state index contributed by atoms with van der Waals surface area (Å²) in [4.78, 5) is 0. The van der Waals surface area contributed by atoms with Crippen molar-refractivity contribution in [3.05, 3.63) is 34.9 Å². The molecule has 2 atom stereocenters. The lowest BCUT2D eigenvalue weighted by Gasteiger charge is -2.17. The number of hydrogen-bond acceptors (Lipinski definition) is 2. The molecule has 1 aromatic rings. The van der Waals surface area contributed by atoms with Crippen LogP contribution in [0.4, 0.5) is 0 Å². The molecule has 3 heteroatoms. The normalized spacial score (nSPS) is 24.9. The van der Waals surface area contributed by atoms with E-state index in [0.717, 1.165) is 22.6 Å². The summed E-state index contributed by atoms with van der Waals surface area (Å²) in [6.45, 7) is 0.834. The Morgan fingerprint density at radius 2 is 2.12 bits per heavy atom. The van der Waals surface area contributed by atoms with Gasteiger partial charge >= 0.3 is 0 Å². The van der Waals surface area contributed by atoms with Crippen LogP contribution < -0.4 is 5.73 Å². The third kappa shape index (κ3) is 2.93. The Labute approximate surface area is 107 Å². The second kappa shape index (κ2) is 5.95. The zero-order valence-corrected chi connectivity index (χ0v) is 10.9. The van der Waals surface area contributed by atoms with E-state index in [2.05, 4.69) is 12.1 Å². The molecule has 0 bridgehead atoms. The average Bonchev–Trinajstić information content (AvgIpc) is 2.75. The van der Waals surface area contributed by atoms with E-state index in [-0.39, 0.29) is 0 Å². The SMILES string of the molecule is NCC1CCCC1SCc1ccccc1Cl. The van der Waals surface area contributed by atoms with Gasteiger partial charge in [-0.1, -0.05) is 36.2 Å². The molecule has 1 fully saturated rings. The lowest BCUT2D eigenvalue weighted by molar-refractivity contribution is 0.573. The largest absolute Gasteiger partial charge is 0.330 e. The standard InChI is InChI=1S/C13H18ClNS/c14-12-6-2-1-4-11(12)9-16-13-7-3-5-10(13)8-15/h1-2,4,6,10,13H,3,5,7-9,15H2. The minimum atomic E-state index is 0.715. The maximum absolute atomic E-state index is 6.14. The Morgan fingerprint density at radius 3 is 2.88 bits per heavy atom. The molecule has 0 aliphatic heterocycles. The van der Waals surface area contributed by atoms with Crippen molar-refractivity contribution in [3.63, 3.8) is 0 Å². The summed E-state index contributed by atoms with van der Waals surface area (Å²) in [7, 11) is 0. The number of thioether (sulfide) groups is 1. The van der Waals surface area contributed by atoms with E-state index < -0.39 is 0 Å². The fourth-order valence-corrected chi connectivity index (χ4v) is 4.08. The summed E-state index contributed by atoms with van der Waals surface area (Å²) in [5, 5.41) is 1.62. The molecule has 1 saturated carbocycles. The molecule has 1 aliphatic carbocycles. The first-order valence-electron chi connectivity index (χ1n) is 5.86. The maximum atomic E-state index is 6.14. The van der Waals surface area contributed by atoms with Crippen molar-refractivity contribution in [2.24, 2.45) is 11.7 Å². The number of rotatable bonds is 4. The van der Waals surface area contributed by atoms with E-state index in [1.165, 1.54) is 24.8 Å². The van der Waals surface area contributed by atoms with Crippen LogP contribution in [0.2, 0.25) is 5.02 Å². The second-order valence-corrected chi connectivity index (χ2v) is 6.00. The molecule has 88 valence electrons. The van der Waals surface area contributed by atoms with Gasteiger partial charge in [0.05, 0.1) is 0 Å². The van der Waals surface area contributed by atoms with Crippen LogP contribution in [0.25, 0.3) is 0 Å². The van der Waals surface area contributed by atoms with Crippen LogP contribution in [0.15, 0.2) is 24.3 Å². The first-order valence-corrected chi connectivity index (χ1v) is 7.29. The van der Waals surface area contributed by atoms with Gasteiger partial charge in [-0.15, -0.1) is 0 Å². The van der Waals surface area contributed by atoms with E-state index in [1.807, 2.05) is 23.9 Å². The highest BCUT2D eigenvalue weighted by Gasteiger charge is 2.26. The molecule has 0 amide bonds. The average molecular weight is 256 g/mol. The van der Waals surface area contributed by atoms with Crippen LogP contribution in [-0.4, -0.2) is 11.8 Å². The molecule has 2 unspecified atom stereocenters. The predicted molar refractivity (Wildman–Crippen MR) is 72.9 cm³/mol. The van der Waals surface area contributed by atoms with Gasteiger partial charge in [0.2, 0.25) is 0 Å². The molecule has 1 aromatic carbocycles. The van der Waals surface area contributed by atoms with E-state index >= 15 is 0 Å². The van der Waals surface area contributed by atoms with E-state index in [1.54, 1.807) is 0 Å². The van der Waals surface area contributed by atoms with Crippen LogP contribution in [0, 0.1) is 5.92 Å². The minimum absolute atomic E-state index is 0.715. The Kier molecular flexibility index (Phi) is 4.56. The molecular formula is C13H18ClNS. The zero-order chi connectivity index (χ0) is 11.4. The smallest absolute Gasteiger partial charge is 0.0446 e. The minimum Gasteiger partial charge on any atom is -0.330 e. The molecule has 1 aliphatic rings. The van der Waals surface area contributed by atoms with Gasteiger partial charge in [-0.25, -0.2) is 0 Å². The Morgan fingerprint density at radius 1 is 1.31 bits per heavy atom. The van der Waals surface area contributed by atoms with Crippen LogP contribution in [0.3, 0.4) is 0 Å². The molecule has 16 heavy (non-hydrogen) atoms. The van der Waals surface area contributed by atoms with Crippen molar-refractivity contribution in [2.45, 2.75) is 30.3 Å². The highest BCUT2D eigenvalue weighted by molar-refractivity contribution is 7.99. The fourth-order valence-electron chi connectivity index (χ4n) is 2.30. The van der Waals surface area contributed by atoms with Crippen molar-refractivity contribution in [3.8, 4) is 0 Å². The van der Waals surface area contributed by atoms with Crippen molar-refractivity contribution >= 4 is 23.4 Å². The molecule has 0 radical (unpaired) electrons. The highest BCUT2D eigenvalue weighted by atomic mass is 35.5. The third-order valence-electron chi connectivity index (χ3n) is 3.30. The van der Waals surface area contributed by atoms with Gasteiger partial charge in [0.15, 0.2) is 0 Å². The van der Waals surface area contributed by atoms with Gasteiger partial charge in [-0.2, -0.15) is 11.8 Å². The molecule has 0 spiro atoms. The van der Waals surface area contributed by atoms with Gasteiger partial charge in [0.1, 0.15) is 0 Å². The summed E-state index contributed by atoms with van der Waals surface area (Å²) in [6, 6.07) is 8.11. The number of hydrogen-bond donors (Lipinski definition) is 1. The summed E-state index contributed by atoms with van der Waals surface area (Å²) in [6.07, 6.45) is 3.95. The van der Waals surface area contributed by atoms with Gasteiger partial charge in [0.25, 0.3) is 0 Å². The lowest BCUT2D eigenvalue weighted by Crippen LogP contribution is -2.20. The van der Waals surface area contributed by atoms with Crippen LogP contribution in [0.1, 0.15) is 24.8 Å². The Hall–Kier alpha value is -0.180. The Balaban J connectivity index is 1.90. The summed E-state index contributed by atoms with van der Waals surface area (Å²) < 4.78 is 0. The van der Waals surface area contributed by atoms with Gasteiger partial charge in [0, 0.05) is 16.0 Å². The van der Waals surface area contributed by atoms with Gasteiger partial charge in [-0.3, -0.25) is 0 Å². The van der Waals surface area contributed by atoms with Gasteiger partial charge < -0.3 is 5.73 Å². The van der Waals surface area contributed by atoms with Crippen molar-refractivity contribution in [1.82, 2.24) is 0 Å². The molecule has 0 heterocycles. The van der Waals surface area contributed by atoms with Crippen LogP contribution in [-0.2, 0) is 5.75 Å². The maximum Gasteiger partial charge on any atom is 0.0446 e. The van der Waals surface area contributed by atoms with Crippen LogP contribution in [0.5, 0.6) is 0 Å². The highest BCUT2D eigenvalue weighted by Crippen LogP contribution is 2.36. The monoisotopic (exact) mass is 255 g/mol. The lowest BCUT2D eigenvalue weighted by atomic mass is 10.1. The summed E-state index contributed by atoms with van der Waals surface area (Å²) in [5.74, 6) is 1.73. The van der Waals surface area contributed by atoms with E-state index in [0.29, 0.717) is 5.92 Å². The molecule has 2 rings (SSSR count). The molecule has 1 nitrogen and oxygen atoms in total. The molecule has 2 N–H and O–H groups in total. The first kappa shape index (κ1) is 12.3.